The first-order valence-corrected chi connectivity index (χ1v) is 9.26. The van der Waals surface area contributed by atoms with Gasteiger partial charge in [0.2, 0.25) is 0 Å². The summed E-state index contributed by atoms with van der Waals surface area (Å²) in [5, 5.41) is 0.631. The maximum atomic E-state index is 13.2. The Balaban J connectivity index is 1.89. The molecule has 0 aliphatic rings. The van der Waals surface area contributed by atoms with Gasteiger partial charge in [-0.25, -0.2) is 9.37 Å². The fourth-order valence-corrected chi connectivity index (χ4v) is 3.67. The van der Waals surface area contributed by atoms with Crippen LogP contribution in [0.2, 0.25) is 5.02 Å². The molecular weight excluding hydrogens is 391 g/mol. The Kier molecular flexibility index (Phi) is 6.03. The van der Waals surface area contributed by atoms with Crippen molar-refractivity contribution in [1.29, 1.82) is 0 Å². The van der Waals surface area contributed by atoms with Crippen molar-refractivity contribution < 1.29 is 13.9 Å². The van der Waals surface area contributed by atoms with Crippen LogP contribution >= 0.6 is 23.4 Å². The van der Waals surface area contributed by atoms with Gasteiger partial charge in [0.1, 0.15) is 5.82 Å². The summed E-state index contributed by atoms with van der Waals surface area (Å²) in [6.45, 7) is 0. The van der Waals surface area contributed by atoms with Gasteiger partial charge in [0.15, 0.2) is 16.5 Å². The zero-order chi connectivity index (χ0) is 19.4. The van der Waals surface area contributed by atoms with Gasteiger partial charge >= 0.3 is 0 Å². The highest BCUT2D eigenvalue weighted by Crippen LogP contribution is 2.29. The van der Waals surface area contributed by atoms with Crippen LogP contribution in [-0.4, -0.2) is 23.8 Å². The van der Waals surface area contributed by atoms with Crippen molar-refractivity contribution in [3.05, 3.63) is 75.5 Å². The van der Waals surface area contributed by atoms with Crippen LogP contribution in [0.5, 0.6) is 11.5 Å². The molecule has 0 unspecified atom stereocenters. The topological polar surface area (TPSA) is 53.4 Å². The molecule has 1 aromatic heterocycles. The van der Waals surface area contributed by atoms with Gasteiger partial charge in [-0.1, -0.05) is 29.4 Å². The number of hydrogen-bond acceptors (Lipinski definition) is 5. The third-order valence-corrected chi connectivity index (χ3v) is 5.19. The van der Waals surface area contributed by atoms with Gasteiger partial charge in [0, 0.05) is 29.2 Å². The lowest BCUT2D eigenvalue weighted by Gasteiger charge is -2.12. The number of thioether (sulfide) groups is 1. The van der Waals surface area contributed by atoms with Crippen LogP contribution in [-0.2, 0) is 5.75 Å². The molecule has 5 nitrogen and oxygen atoms in total. The zero-order valence-corrected chi connectivity index (χ0v) is 16.2. The minimum absolute atomic E-state index is 0.270. The molecule has 0 bridgehead atoms. The molecule has 8 heteroatoms. The third-order valence-electron chi connectivity index (χ3n) is 3.83. The predicted octanol–water partition coefficient (Wildman–Crippen LogP) is 4.33. The van der Waals surface area contributed by atoms with Crippen LogP contribution in [0.1, 0.15) is 5.56 Å². The maximum absolute atomic E-state index is 13.2. The van der Waals surface area contributed by atoms with E-state index < -0.39 is 5.82 Å². The summed E-state index contributed by atoms with van der Waals surface area (Å²) in [6, 6.07) is 9.38. The average molecular weight is 407 g/mol. The molecule has 0 N–H and O–H groups in total. The number of aromatic nitrogens is 2. The van der Waals surface area contributed by atoms with Crippen LogP contribution in [0.3, 0.4) is 0 Å². The Bertz CT molecular complexity index is 1030. The van der Waals surface area contributed by atoms with Gasteiger partial charge in [-0.2, -0.15) is 0 Å². The van der Waals surface area contributed by atoms with Crippen LogP contribution in [0.4, 0.5) is 4.39 Å². The first-order valence-electron chi connectivity index (χ1n) is 7.90. The van der Waals surface area contributed by atoms with Crippen molar-refractivity contribution in [2.45, 2.75) is 10.8 Å². The molecule has 0 fully saturated rings. The molecule has 27 heavy (non-hydrogen) atoms. The van der Waals surface area contributed by atoms with Crippen LogP contribution < -0.4 is 15.0 Å². The number of rotatable bonds is 6. The SMILES string of the molecule is COc1ccc(-n2ccnc(SCc3ccc(F)cc3Cl)c2=O)cc1OC. The lowest BCUT2D eigenvalue weighted by molar-refractivity contribution is 0.355. The van der Waals surface area contributed by atoms with E-state index in [-0.39, 0.29) is 5.56 Å². The number of methoxy groups -OCH3 is 2. The summed E-state index contributed by atoms with van der Waals surface area (Å²) in [5.74, 6) is 1.09. The Morgan fingerprint density at radius 3 is 2.63 bits per heavy atom. The standard InChI is InChI=1S/C19H16ClFN2O3S/c1-25-16-6-5-14(10-17(16)26-2)23-8-7-22-18(19(23)24)27-11-12-3-4-13(21)9-15(12)20/h3-10H,11H2,1-2H3. The van der Waals surface area contributed by atoms with Crippen molar-refractivity contribution >= 4 is 23.4 Å². The second-order valence-electron chi connectivity index (χ2n) is 5.47. The van der Waals surface area contributed by atoms with E-state index in [1.54, 1.807) is 43.8 Å². The number of benzene rings is 2. The number of ether oxygens (including phenoxy) is 2. The van der Waals surface area contributed by atoms with Crippen molar-refractivity contribution in [2.75, 3.05) is 14.2 Å². The second-order valence-corrected chi connectivity index (χ2v) is 6.84. The fourth-order valence-electron chi connectivity index (χ4n) is 2.46. The first-order chi connectivity index (χ1) is 13.0. The van der Waals surface area contributed by atoms with E-state index >= 15 is 0 Å². The van der Waals surface area contributed by atoms with Crippen molar-refractivity contribution in [1.82, 2.24) is 9.55 Å². The molecule has 0 aliphatic carbocycles. The van der Waals surface area contributed by atoms with Crippen LogP contribution in [0.15, 0.2) is 58.6 Å². The van der Waals surface area contributed by atoms with E-state index in [9.17, 15) is 9.18 Å². The Morgan fingerprint density at radius 1 is 1.15 bits per heavy atom. The molecule has 140 valence electrons. The van der Waals surface area contributed by atoms with Crippen LogP contribution in [0, 0.1) is 5.82 Å². The Labute approximate surface area is 164 Å². The van der Waals surface area contributed by atoms with E-state index in [0.29, 0.717) is 33.0 Å². The van der Waals surface area contributed by atoms with E-state index in [0.717, 1.165) is 5.56 Å². The predicted molar refractivity (Wildman–Crippen MR) is 104 cm³/mol. The van der Waals surface area contributed by atoms with Gasteiger partial charge in [0.05, 0.1) is 19.9 Å². The minimum atomic E-state index is -0.401. The van der Waals surface area contributed by atoms with E-state index in [2.05, 4.69) is 4.98 Å². The van der Waals surface area contributed by atoms with Crippen molar-refractivity contribution in [3.8, 4) is 17.2 Å². The largest absolute Gasteiger partial charge is 0.493 e. The molecular formula is C19H16ClFN2O3S. The highest BCUT2D eigenvalue weighted by atomic mass is 35.5. The summed E-state index contributed by atoms with van der Waals surface area (Å²) >= 11 is 7.28. The van der Waals surface area contributed by atoms with Gasteiger partial charge in [0.25, 0.3) is 5.56 Å². The molecule has 0 aliphatic heterocycles. The normalized spacial score (nSPS) is 10.7. The zero-order valence-electron chi connectivity index (χ0n) is 14.6. The molecule has 2 aromatic carbocycles. The fraction of sp³-hybridized carbons (Fsp3) is 0.158. The summed E-state index contributed by atoms with van der Waals surface area (Å²) in [7, 11) is 3.08. The minimum Gasteiger partial charge on any atom is -0.493 e. The van der Waals surface area contributed by atoms with E-state index in [1.165, 1.54) is 35.6 Å². The molecule has 3 rings (SSSR count). The number of halogens is 2. The third kappa shape index (κ3) is 4.26. The lowest BCUT2D eigenvalue weighted by Crippen LogP contribution is -2.20. The molecule has 0 saturated heterocycles. The Morgan fingerprint density at radius 2 is 1.93 bits per heavy atom. The average Bonchev–Trinajstić information content (AvgIpc) is 2.67. The van der Waals surface area contributed by atoms with Gasteiger partial charge < -0.3 is 9.47 Å². The summed E-state index contributed by atoms with van der Waals surface area (Å²) < 4.78 is 25.1. The van der Waals surface area contributed by atoms with Crippen molar-refractivity contribution in [3.63, 3.8) is 0 Å². The van der Waals surface area contributed by atoms with Crippen molar-refractivity contribution in [2.24, 2.45) is 0 Å². The number of nitrogens with zero attached hydrogens (tertiary/aromatic N) is 2. The molecule has 0 amide bonds. The smallest absolute Gasteiger partial charge is 0.287 e. The summed E-state index contributed by atoms with van der Waals surface area (Å²) in [4.78, 5) is 17.0. The highest BCUT2D eigenvalue weighted by Gasteiger charge is 2.11. The first kappa shape index (κ1) is 19.3. The summed E-state index contributed by atoms with van der Waals surface area (Å²) in [5.41, 5.74) is 1.08. The quantitative estimate of drug-likeness (QED) is 0.570. The molecule has 1 heterocycles. The van der Waals surface area contributed by atoms with Gasteiger partial charge in [-0.3, -0.25) is 9.36 Å². The molecule has 0 radical (unpaired) electrons. The van der Waals surface area contributed by atoms with Gasteiger partial charge in [-0.05, 0) is 29.8 Å². The maximum Gasteiger partial charge on any atom is 0.287 e. The lowest BCUT2D eigenvalue weighted by atomic mass is 10.2. The van der Waals surface area contributed by atoms with E-state index in [4.69, 9.17) is 21.1 Å². The molecule has 0 atom stereocenters. The van der Waals surface area contributed by atoms with Gasteiger partial charge in [-0.15, -0.1) is 0 Å². The molecule has 0 saturated carbocycles. The monoisotopic (exact) mass is 406 g/mol. The summed E-state index contributed by atoms with van der Waals surface area (Å²) in [6.07, 6.45) is 3.13. The Hall–Kier alpha value is -2.51. The van der Waals surface area contributed by atoms with E-state index in [1.807, 2.05) is 0 Å². The molecule has 0 spiro atoms. The molecule has 3 aromatic rings. The second kappa shape index (κ2) is 8.45. The highest BCUT2D eigenvalue weighted by molar-refractivity contribution is 7.98. The number of hydrogen-bond donors (Lipinski definition) is 0. The van der Waals surface area contributed by atoms with Crippen LogP contribution in [0.25, 0.3) is 5.69 Å².